The van der Waals surface area contributed by atoms with Crippen LogP contribution in [-0.2, 0) is 49.2 Å². The molecule has 16 nitrogen and oxygen atoms in total. The van der Waals surface area contributed by atoms with Crippen LogP contribution < -0.4 is 4.74 Å². The molecule has 0 unspecified atom stereocenters. The number of aromatic hydroxyl groups is 2. The lowest BCUT2D eigenvalue weighted by Gasteiger charge is -2.48. The highest BCUT2D eigenvalue weighted by molar-refractivity contribution is 6.31. The van der Waals surface area contributed by atoms with E-state index in [4.69, 9.17) is 37.9 Å². The Morgan fingerprint density at radius 3 is 2.45 bits per heavy atom. The minimum Gasteiger partial charge on any atom is -0.507 e. The number of hydrogen-bond acceptors (Lipinski definition) is 16. The first-order chi connectivity index (χ1) is 25.4. The number of phenols is 2. The summed E-state index contributed by atoms with van der Waals surface area (Å²) in [6, 6.07) is 4.15. The SMILES string of the molecule is CCOC(=O)COCC(=O)[C@]1(O)Cc2c(O)c3c(c(O)c2[C@@H](O[C@H]2C[C@H](N4CCO[C@H](OC)C4)[C@H](OC)[C@H](C)O2)C1)C(=O)c1c(OC)cccc1C3=O. The summed E-state index contributed by atoms with van der Waals surface area (Å²) in [4.78, 5) is 55.6. The molecule has 0 amide bonds. The van der Waals surface area contributed by atoms with Gasteiger partial charge in [0.15, 0.2) is 24.1 Å². The summed E-state index contributed by atoms with van der Waals surface area (Å²) in [5.74, 6) is -4.34. The van der Waals surface area contributed by atoms with Gasteiger partial charge in [0.25, 0.3) is 0 Å². The van der Waals surface area contributed by atoms with Crippen molar-refractivity contribution in [3.05, 3.63) is 51.6 Å². The number of carbonyl (C=O) groups excluding carboxylic acids is 4. The van der Waals surface area contributed by atoms with Crippen molar-refractivity contribution in [2.75, 3.05) is 60.8 Å². The smallest absolute Gasteiger partial charge is 0.332 e. The molecule has 0 aromatic heterocycles. The molecular weight excluding hydrogens is 698 g/mol. The van der Waals surface area contributed by atoms with Crippen LogP contribution in [0.5, 0.6) is 17.2 Å². The van der Waals surface area contributed by atoms with Crippen LogP contribution >= 0.6 is 0 Å². The third-order valence-electron chi connectivity index (χ3n) is 10.4. The molecule has 2 saturated heterocycles. The molecule has 0 bridgehead atoms. The van der Waals surface area contributed by atoms with Crippen molar-refractivity contribution >= 4 is 23.3 Å². The maximum absolute atomic E-state index is 14.1. The molecule has 0 saturated carbocycles. The van der Waals surface area contributed by atoms with Crippen molar-refractivity contribution in [3.63, 3.8) is 0 Å². The molecule has 288 valence electrons. The van der Waals surface area contributed by atoms with Gasteiger partial charge in [-0.15, -0.1) is 0 Å². The number of phenolic OH excluding ortho intramolecular Hbond substituents is 2. The number of aliphatic hydroxyl groups is 1. The summed E-state index contributed by atoms with van der Waals surface area (Å²) in [6.07, 6.45) is -4.54. The monoisotopic (exact) mass is 743 g/mol. The zero-order chi connectivity index (χ0) is 38.2. The molecule has 2 aliphatic heterocycles. The second-order valence-corrected chi connectivity index (χ2v) is 13.4. The van der Waals surface area contributed by atoms with E-state index in [-0.39, 0.29) is 53.2 Å². The minimum absolute atomic E-state index is 0.0547. The molecule has 2 fully saturated rings. The number of hydrogen-bond donors (Lipinski definition) is 3. The second kappa shape index (κ2) is 15.8. The maximum Gasteiger partial charge on any atom is 0.332 e. The molecule has 2 heterocycles. The van der Waals surface area contributed by atoms with Crippen LogP contribution in [0.1, 0.15) is 75.8 Å². The van der Waals surface area contributed by atoms with Crippen LogP contribution in [0, 0.1) is 0 Å². The first-order valence-electron chi connectivity index (χ1n) is 17.5. The Kier molecular flexibility index (Phi) is 11.5. The molecular formula is C37H45NO15. The van der Waals surface area contributed by atoms with Gasteiger partial charge < -0.3 is 53.2 Å². The van der Waals surface area contributed by atoms with E-state index in [0.717, 1.165) is 0 Å². The van der Waals surface area contributed by atoms with Gasteiger partial charge in [0.1, 0.15) is 36.1 Å². The summed E-state index contributed by atoms with van der Waals surface area (Å²) in [5.41, 5.74) is -3.61. The number of ketones is 3. The fourth-order valence-corrected chi connectivity index (χ4v) is 7.88. The number of rotatable bonds is 12. The van der Waals surface area contributed by atoms with Crippen LogP contribution in [0.25, 0.3) is 0 Å². The predicted octanol–water partition coefficient (Wildman–Crippen LogP) is 1.59. The number of fused-ring (bicyclic) bond motifs is 3. The number of methoxy groups -OCH3 is 3. The Labute approximate surface area is 305 Å². The highest BCUT2D eigenvalue weighted by Gasteiger charge is 2.51. The number of morpholine rings is 1. The Morgan fingerprint density at radius 1 is 1.00 bits per heavy atom. The zero-order valence-electron chi connectivity index (χ0n) is 30.2. The van der Waals surface area contributed by atoms with E-state index >= 15 is 0 Å². The van der Waals surface area contributed by atoms with Gasteiger partial charge in [-0.2, -0.15) is 0 Å². The average Bonchev–Trinajstić information content (AvgIpc) is 3.14. The first kappa shape index (κ1) is 38.7. The Hall–Kier alpha value is -4.00. The predicted molar refractivity (Wildman–Crippen MR) is 181 cm³/mol. The van der Waals surface area contributed by atoms with E-state index in [2.05, 4.69) is 4.90 Å². The van der Waals surface area contributed by atoms with Crippen molar-refractivity contribution in [2.45, 2.75) is 75.6 Å². The van der Waals surface area contributed by atoms with Crippen molar-refractivity contribution in [2.24, 2.45) is 0 Å². The number of nitrogens with zero attached hydrogens (tertiary/aromatic N) is 1. The molecule has 2 aromatic carbocycles. The van der Waals surface area contributed by atoms with Crippen LogP contribution in [0.15, 0.2) is 18.2 Å². The van der Waals surface area contributed by atoms with Gasteiger partial charge in [-0.1, -0.05) is 12.1 Å². The minimum atomic E-state index is -2.28. The average molecular weight is 744 g/mol. The Balaban J connectivity index is 1.40. The third kappa shape index (κ3) is 7.17. The van der Waals surface area contributed by atoms with Crippen LogP contribution in [-0.4, -0.2) is 141 Å². The summed E-state index contributed by atoms with van der Waals surface area (Å²) in [7, 11) is 4.47. The molecule has 0 spiro atoms. The normalized spacial score (nSPS) is 28.5. The highest BCUT2D eigenvalue weighted by Crippen LogP contribution is 2.52. The number of Topliss-reactive ketones (excluding diaryl/α,β-unsaturated/α-hetero) is 1. The summed E-state index contributed by atoms with van der Waals surface area (Å²) in [6.45, 7) is 3.70. The van der Waals surface area contributed by atoms with Gasteiger partial charge in [0.2, 0.25) is 5.78 Å². The molecule has 53 heavy (non-hydrogen) atoms. The van der Waals surface area contributed by atoms with Gasteiger partial charge in [0, 0.05) is 69.3 Å². The first-order valence-corrected chi connectivity index (χ1v) is 17.5. The van der Waals surface area contributed by atoms with Gasteiger partial charge in [-0.25, -0.2) is 4.79 Å². The molecule has 4 aliphatic rings. The topological polar surface area (TPSA) is 206 Å². The summed E-state index contributed by atoms with van der Waals surface area (Å²) >= 11 is 0. The van der Waals surface area contributed by atoms with Crippen LogP contribution in [0.3, 0.4) is 0 Å². The Morgan fingerprint density at radius 2 is 1.75 bits per heavy atom. The summed E-state index contributed by atoms with van der Waals surface area (Å²) in [5, 5.41) is 35.7. The second-order valence-electron chi connectivity index (χ2n) is 13.4. The standard InChI is InChI=1S/C37H45NO15/c1-6-50-25(40)17-49-16-24(39)37(45)13-20-29(35(44)31-30(33(20)42)32(41)19-8-7-9-22(46-3)28(19)34(31)43)23(14-37)53-26-12-21(36(48-5)18(2)52-26)38-10-11-51-27(15-38)47-4/h7-9,18,21,23,26-27,36,42,44-45H,6,10-17H2,1-5H3/t18-,21-,23-,26-,27-,36+,37-/m0/s1. The molecule has 6 rings (SSSR count). The van der Waals surface area contributed by atoms with Crippen molar-refractivity contribution in [3.8, 4) is 17.2 Å². The zero-order valence-corrected chi connectivity index (χ0v) is 30.2. The molecule has 7 atom stereocenters. The van der Waals surface area contributed by atoms with Crippen molar-refractivity contribution < 1.29 is 72.4 Å². The lowest BCUT2D eigenvalue weighted by Crippen LogP contribution is -2.60. The molecule has 0 radical (unpaired) electrons. The maximum atomic E-state index is 14.1. The quantitative estimate of drug-likeness (QED) is 0.178. The van der Waals surface area contributed by atoms with Gasteiger partial charge in [-0.3, -0.25) is 19.3 Å². The molecule has 16 heteroatoms. The summed E-state index contributed by atoms with van der Waals surface area (Å²) < 4.78 is 45.2. The molecule has 3 N–H and O–H groups in total. The lowest BCUT2D eigenvalue weighted by atomic mass is 9.72. The Bertz CT molecular complexity index is 1760. The van der Waals surface area contributed by atoms with Gasteiger partial charge in [-0.05, 0) is 19.9 Å². The van der Waals surface area contributed by atoms with Crippen molar-refractivity contribution in [1.29, 1.82) is 0 Å². The van der Waals surface area contributed by atoms with E-state index < -0.39 is 102 Å². The highest BCUT2D eigenvalue weighted by atomic mass is 16.7. The number of esters is 1. The van der Waals surface area contributed by atoms with E-state index in [1.807, 2.05) is 6.92 Å². The number of carbonyl (C=O) groups is 4. The fourth-order valence-electron chi connectivity index (χ4n) is 7.88. The van der Waals surface area contributed by atoms with Gasteiger partial charge >= 0.3 is 5.97 Å². The van der Waals surface area contributed by atoms with Gasteiger partial charge in [0.05, 0.1) is 55.3 Å². The largest absolute Gasteiger partial charge is 0.507 e. The molecule has 2 aromatic rings. The van der Waals surface area contributed by atoms with Crippen molar-refractivity contribution in [1.82, 2.24) is 4.90 Å². The number of benzene rings is 2. The van der Waals surface area contributed by atoms with E-state index in [1.165, 1.54) is 25.3 Å². The van der Waals surface area contributed by atoms with E-state index in [9.17, 15) is 34.5 Å². The third-order valence-corrected chi connectivity index (χ3v) is 10.4. The number of ether oxygens (including phenoxy) is 8. The lowest BCUT2D eigenvalue weighted by molar-refractivity contribution is -0.270. The molecule has 2 aliphatic carbocycles. The van der Waals surface area contributed by atoms with E-state index in [1.54, 1.807) is 21.1 Å². The van der Waals surface area contributed by atoms with Crippen LogP contribution in [0.2, 0.25) is 0 Å². The van der Waals surface area contributed by atoms with E-state index in [0.29, 0.717) is 19.7 Å². The fraction of sp³-hybridized carbons (Fsp3) is 0.568. The van der Waals surface area contributed by atoms with Crippen LogP contribution in [0.4, 0.5) is 0 Å².